The highest BCUT2D eigenvalue weighted by atomic mass is 16.5. The number of nitrogens with two attached hydrogens (primary N) is 1. The number of aromatic nitrogens is 2. The second-order valence-corrected chi connectivity index (χ2v) is 5.33. The molecule has 0 radical (unpaired) electrons. The summed E-state index contributed by atoms with van der Waals surface area (Å²) in [7, 11) is 1.54. The molecule has 0 amide bonds. The summed E-state index contributed by atoms with van der Waals surface area (Å²) in [6, 6.07) is 9.91. The SMILES string of the molecule is CCCN(CCO)c1ccc(/C=C/c2cc(OC)nc(N)n2)cc1. The largest absolute Gasteiger partial charge is 0.481 e. The van der Waals surface area contributed by atoms with Gasteiger partial charge in [-0.15, -0.1) is 0 Å². The van der Waals surface area contributed by atoms with E-state index in [1.165, 1.54) is 0 Å². The Kier molecular flexibility index (Phi) is 6.57. The maximum absolute atomic E-state index is 9.17. The van der Waals surface area contributed by atoms with Crippen LogP contribution >= 0.6 is 0 Å². The summed E-state index contributed by atoms with van der Waals surface area (Å²) < 4.78 is 5.08. The molecule has 1 aromatic carbocycles. The van der Waals surface area contributed by atoms with Crippen molar-refractivity contribution in [2.24, 2.45) is 0 Å². The fourth-order valence-corrected chi connectivity index (χ4v) is 2.39. The summed E-state index contributed by atoms with van der Waals surface area (Å²) in [5.74, 6) is 0.625. The molecule has 0 aliphatic rings. The second kappa shape index (κ2) is 8.88. The van der Waals surface area contributed by atoms with Crippen molar-refractivity contribution in [2.45, 2.75) is 13.3 Å². The van der Waals surface area contributed by atoms with E-state index in [0.29, 0.717) is 18.1 Å². The number of rotatable bonds is 8. The maximum atomic E-state index is 9.17. The lowest BCUT2D eigenvalue weighted by Crippen LogP contribution is -2.27. The van der Waals surface area contributed by atoms with E-state index in [-0.39, 0.29) is 12.6 Å². The Bertz CT molecular complexity index is 665. The second-order valence-electron chi connectivity index (χ2n) is 5.33. The number of anilines is 2. The Labute approximate surface area is 142 Å². The molecule has 3 N–H and O–H groups in total. The van der Waals surface area contributed by atoms with Crippen LogP contribution in [0.1, 0.15) is 24.6 Å². The van der Waals surface area contributed by atoms with Gasteiger partial charge < -0.3 is 20.5 Å². The molecule has 2 aromatic rings. The third kappa shape index (κ3) is 4.96. The topological polar surface area (TPSA) is 84.5 Å². The van der Waals surface area contributed by atoms with E-state index in [0.717, 1.165) is 24.2 Å². The Morgan fingerprint density at radius 2 is 1.92 bits per heavy atom. The highest BCUT2D eigenvalue weighted by Gasteiger charge is 2.04. The molecular weight excluding hydrogens is 304 g/mol. The van der Waals surface area contributed by atoms with Gasteiger partial charge in [0.05, 0.1) is 19.4 Å². The van der Waals surface area contributed by atoms with Crippen molar-refractivity contribution >= 4 is 23.8 Å². The zero-order valence-corrected chi connectivity index (χ0v) is 14.1. The van der Waals surface area contributed by atoms with E-state index < -0.39 is 0 Å². The van der Waals surface area contributed by atoms with Crippen molar-refractivity contribution in [1.82, 2.24) is 9.97 Å². The van der Waals surface area contributed by atoms with Crippen LogP contribution < -0.4 is 15.4 Å². The average molecular weight is 328 g/mol. The number of hydrogen-bond acceptors (Lipinski definition) is 6. The Morgan fingerprint density at radius 1 is 1.17 bits per heavy atom. The first kappa shape index (κ1) is 17.7. The van der Waals surface area contributed by atoms with Crippen LogP contribution in [0.5, 0.6) is 5.88 Å². The lowest BCUT2D eigenvalue weighted by atomic mass is 10.1. The molecule has 0 aliphatic carbocycles. The normalized spacial score (nSPS) is 11.0. The molecule has 0 aliphatic heterocycles. The first-order chi connectivity index (χ1) is 11.7. The first-order valence-corrected chi connectivity index (χ1v) is 7.98. The molecule has 1 heterocycles. The van der Waals surface area contributed by atoms with Crippen LogP contribution in [0.4, 0.5) is 11.6 Å². The highest BCUT2D eigenvalue weighted by molar-refractivity contribution is 5.69. The summed E-state index contributed by atoms with van der Waals surface area (Å²) in [6.45, 7) is 3.85. The Hall–Kier alpha value is -2.60. The molecule has 0 saturated carbocycles. The van der Waals surface area contributed by atoms with Crippen LogP contribution in [0.25, 0.3) is 12.2 Å². The summed E-state index contributed by atoms with van der Waals surface area (Å²) in [6.07, 6.45) is 4.87. The van der Waals surface area contributed by atoms with Gasteiger partial charge in [-0.25, -0.2) is 4.98 Å². The van der Waals surface area contributed by atoms with E-state index in [4.69, 9.17) is 15.6 Å². The molecular formula is C18H24N4O2. The van der Waals surface area contributed by atoms with E-state index >= 15 is 0 Å². The molecule has 1 aromatic heterocycles. The molecule has 0 atom stereocenters. The van der Waals surface area contributed by atoms with Crippen molar-refractivity contribution in [3.63, 3.8) is 0 Å². The number of ether oxygens (including phenoxy) is 1. The van der Waals surface area contributed by atoms with Crippen LogP contribution in [0.2, 0.25) is 0 Å². The molecule has 0 spiro atoms. The molecule has 6 nitrogen and oxygen atoms in total. The van der Waals surface area contributed by atoms with Gasteiger partial charge in [0, 0.05) is 24.8 Å². The first-order valence-electron chi connectivity index (χ1n) is 7.98. The van der Waals surface area contributed by atoms with Gasteiger partial charge in [0.25, 0.3) is 0 Å². The molecule has 0 unspecified atom stereocenters. The molecule has 24 heavy (non-hydrogen) atoms. The number of nitrogen functional groups attached to an aromatic ring is 1. The average Bonchev–Trinajstić information content (AvgIpc) is 2.60. The van der Waals surface area contributed by atoms with Gasteiger partial charge in [-0.3, -0.25) is 0 Å². The molecule has 2 rings (SSSR count). The van der Waals surface area contributed by atoms with Crippen LogP contribution in [-0.2, 0) is 0 Å². The Balaban J connectivity index is 2.12. The fraction of sp³-hybridized carbons (Fsp3) is 0.333. The molecule has 0 saturated heterocycles. The van der Waals surface area contributed by atoms with E-state index in [9.17, 15) is 0 Å². The van der Waals surface area contributed by atoms with Gasteiger partial charge in [-0.1, -0.05) is 25.1 Å². The standard InChI is InChI=1S/C18H24N4O2/c1-3-10-22(11-12-23)16-8-5-14(6-9-16)4-7-15-13-17(24-2)21-18(19)20-15/h4-9,13,23H,3,10-12H2,1-2H3,(H2,19,20,21)/b7-4+. The molecule has 128 valence electrons. The van der Waals surface area contributed by atoms with E-state index in [2.05, 4.69) is 33.9 Å². The van der Waals surface area contributed by atoms with Gasteiger partial charge in [0.1, 0.15) is 0 Å². The van der Waals surface area contributed by atoms with Gasteiger partial charge in [0.2, 0.25) is 11.8 Å². The summed E-state index contributed by atoms with van der Waals surface area (Å²) in [4.78, 5) is 10.3. The summed E-state index contributed by atoms with van der Waals surface area (Å²) in [5, 5.41) is 9.17. The molecule has 0 fully saturated rings. The minimum atomic E-state index is 0.151. The highest BCUT2D eigenvalue weighted by Crippen LogP contribution is 2.18. The number of nitrogens with zero attached hydrogens (tertiary/aromatic N) is 3. The third-order valence-corrected chi connectivity index (χ3v) is 3.52. The third-order valence-electron chi connectivity index (χ3n) is 3.52. The van der Waals surface area contributed by atoms with Crippen molar-refractivity contribution < 1.29 is 9.84 Å². The lowest BCUT2D eigenvalue weighted by Gasteiger charge is -2.23. The van der Waals surface area contributed by atoms with Crippen LogP contribution in [0, 0.1) is 0 Å². The van der Waals surface area contributed by atoms with Crippen LogP contribution in [0.3, 0.4) is 0 Å². The van der Waals surface area contributed by atoms with Gasteiger partial charge in [-0.05, 0) is 30.2 Å². The number of methoxy groups -OCH3 is 1. The van der Waals surface area contributed by atoms with Gasteiger partial charge >= 0.3 is 0 Å². The molecule has 0 bridgehead atoms. The summed E-state index contributed by atoms with van der Waals surface area (Å²) in [5.41, 5.74) is 8.50. The van der Waals surface area contributed by atoms with Crippen LogP contribution in [0.15, 0.2) is 30.3 Å². The zero-order valence-electron chi connectivity index (χ0n) is 14.1. The Morgan fingerprint density at radius 3 is 2.54 bits per heavy atom. The van der Waals surface area contributed by atoms with Crippen molar-refractivity contribution in [3.05, 3.63) is 41.6 Å². The predicted molar refractivity (Wildman–Crippen MR) is 98.0 cm³/mol. The zero-order chi connectivity index (χ0) is 17.4. The molecule has 6 heteroatoms. The van der Waals surface area contributed by atoms with E-state index in [1.807, 2.05) is 24.3 Å². The predicted octanol–water partition coefficient (Wildman–Crippen LogP) is 2.45. The number of aliphatic hydroxyl groups excluding tert-OH is 1. The maximum Gasteiger partial charge on any atom is 0.223 e. The minimum Gasteiger partial charge on any atom is -0.481 e. The van der Waals surface area contributed by atoms with Crippen LogP contribution in [-0.4, -0.2) is 41.9 Å². The smallest absolute Gasteiger partial charge is 0.223 e. The lowest BCUT2D eigenvalue weighted by molar-refractivity contribution is 0.302. The van der Waals surface area contributed by atoms with Crippen molar-refractivity contribution in [3.8, 4) is 5.88 Å². The fourth-order valence-electron chi connectivity index (χ4n) is 2.39. The number of aliphatic hydroxyl groups is 1. The number of hydrogen-bond donors (Lipinski definition) is 2. The van der Waals surface area contributed by atoms with Crippen molar-refractivity contribution in [1.29, 1.82) is 0 Å². The van der Waals surface area contributed by atoms with Gasteiger partial charge in [-0.2, -0.15) is 4.98 Å². The quantitative estimate of drug-likeness (QED) is 0.774. The van der Waals surface area contributed by atoms with E-state index in [1.54, 1.807) is 13.2 Å². The monoisotopic (exact) mass is 328 g/mol. The van der Waals surface area contributed by atoms with Crippen molar-refractivity contribution in [2.75, 3.05) is 37.4 Å². The minimum absolute atomic E-state index is 0.151. The van der Waals surface area contributed by atoms with Gasteiger partial charge in [0.15, 0.2) is 0 Å². The number of benzene rings is 1. The summed E-state index contributed by atoms with van der Waals surface area (Å²) >= 11 is 0.